The molecule has 23 heavy (non-hydrogen) atoms. The molecule has 1 fully saturated rings. The standard InChI is InChI=1S/C15H15ClN4O2S/c1-2-19-7-8-20(15(19)22)13-6-3-10(9-17-13)18-14(21)11-4-5-12(16)23-11/h3-6,9H,2,7-8H2,1H3,(H,18,21). The first-order chi connectivity index (χ1) is 11.1. The third-order valence-corrected chi connectivity index (χ3v) is 4.79. The number of nitrogens with one attached hydrogen (secondary N) is 1. The summed E-state index contributed by atoms with van der Waals surface area (Å²) >= 11 is 7.04. The van der Waals surface area contributed by atoms with Gasteiger partial charge in [-0.15, -0.1) is 11.3 Å². The van der Waals surface area contributed by atoms with Crippen molar-refractivity contribution < 1.29 is 9.59 Å². The van der Waals surface area contributed by atoms with E-state index in [9.17, 15) is 9.59 Å². The van der Waals surface area contributed by atoms with E-state index in [4.69, 9.17) is 11.6 Å². The van der Waals surface area contributed by atoms with Crippen LogP contribution in [0.5, 0.6) is 0 Å². The molecule has 0 spiro atoms. The summed E-state index contributed by atoms with van der Waals surface area (Å²) in [5.41, 5.74) is 0.572. The smallest absolute Gasteiger partial charge is 0.323 e. The fourth-order valence-electron chi connectivity index (χ4n) is 2.34. The van der Waals surface area contributed by atoms with Gasteiger partial charge in [0.1, 0.15) is 5.82 Å². The Morgan fingerprint density at radius 2 is 2.17 bits per heavy atom. The molecule has 120 valence electrons. The second-order valence-electron chi connectivity index (χ2n) is 4.98. The first-order valence-electron chi connectivity index (χ1n) is 7.17. The summed E-state index contributed by atoms with van der Waals surface area (Å²) in [6.45, 7) is 3.96. The van der Waals surface area contributed by atoms with E-state index in [-0.39, 0.29) is 11.9 Å². The SMILES string of the molecule is CCN1CCN(c2ccc(NC(=O)c3ccc(Cl)s3)cn2)C1=O. The molecule has 1 saturated heterocycles. The van der Waals surface area contributed by atoms with Gasteiger partial charge in [0.05, 0.1) is 21.1 Å². The average molecular weight is 351 g/mol. The van der Waals surface area contributed by atoms with Crippen molar-refractivity contribution in [3.8, 4) is 0 Å². The van der Waals surface area contributed by atoms with E-state index in [1.807, 2.05) is 6.92 Å². The second kappa shape index (κ2) is 6.55. The minimum absolute atomic E-state index is 0.0370. The minimum atomic E-state index is -0.231. The summed E-state index contributed by atoms with van der Waals surface area (Å²) in [7, 11) is 0. The Hall–Kier alpha value is -2.12. The zero-order valence-electron chi connectivity index (χ0n) is 12.5. The number of carbonyl (C=O) groups excluding carboxylic acids is 2. The fourth-order valence-corrected chi connectivity index (χ4v) is 3.28. The summed E-state index contributed by atoms with van der Waals surface area (Å²) in [4.78, 5) is 32.4. The summed E-state index contributed by atoms with van der Waals surface area (Å²) in [6.07, 6.45) is 1.55. The van der Waals surface area contributed by atoms with Crippen molar-refractivity contribution in [1.29, 1.82) is 0 Å². The molecule has 0 aliphatic carbocycles. The van der Waals surface area contributed by atoms with E-state index in [1.54, 1.807) is 40.3 Å². The van der Waals surface area contributed by atoms with Crippen LogP contribution in [0.4, 0.5) is 16.3 Å². The highest BCUT2D eigenvalue weighted by atomic mass is 35.5. The molecule has 0 aromatic carbocycles. The number of pyridine rings is 1. The Balaban J connectivity index is 1.68. The number of aromatic nitrogens is 1. The fraction of sp³-hybridized carbons (Fsp3) is 0.267. The van der Waals surface area contributed by atoms with Crippen LogP contribution in [-0.4, -0.2) is 41.5 Å². The van der Waals surface area contributed by atoms with E-state index < -0.39 is 0 Å². The zero-order chi connectivity index (χ0) is 16.4. The Morgan fingerprint density at radius 1 is 1.35 bits per heavy atom. The molecule has 0 bridgehead atoms. The van der Waals surface area contributed by atoms with E-state index in [0.717, 1.165) is 0 Å². The van der Waals surface area contributed by atoms with Crippen molar-refractivity contribution in [3.63, 3.8) is 0 Å². The molecule has 2 aromatic heterocycles. The van der Waals surface area contributed by atoms with Gasteiger partial charge >= 0.3 is 6.03 Å². The quantitative estimate of drug-likeness (QED) is 0.920. The number of nitrogens with zero attached hydrogens (tertiary/aromatic N) is 3. The number of rotatable bonds is 4. The van der Waals surface area contributed by atoms with Crippen molar-refractivity contribution in [2.75, 3.05) is 29.9 Å². The maximum atomic E-state index is 12.1. The molecular weight excluding hydrogens is 336 g/mol. The lowest BCUT2D eigenvalue weighted by atomic mass is 10.3. The van der Waals surface area contributed by atoms with E-state index >= 15 is 0 Å². The maximum Gasteiger partial charge on any atom is 0.325 e. The topological polar surface area (TPSA) is 65.5 Å². The lowest BCUT2D eigenvalue weighted by molar-refractivity contribution is 0.103. The average Bonchev–Trinajstić information content (AvgIpc) is 3.14. The molecule has 1 N–H and O–H groups in total. The third-order valence-electron chi connectivity index (χ3n) is 3.56. The van der Waals surface area contributed by atoms with Gasteiger partial charge in [0.2, 0.25) is 0 Å². The highest BCUT2D eigenvalue weighted by Gasteiger charge is 2.28. The number of carbonyl (C=O) groups is 2. The monoisotopic (exact) mass is 350 g/mol. The van der Waals surface area contributed by atoms with Crippen LogP contribution in [0, 0.1) is 0 Å². The molecule has 8 heteroatoms. The van der Waals surface area contributed by atoms with E-state index in [0.29, 0.717) is 40.4 Å². The minimum Gasteiger partial charge on any atom is -0.323 e. The number of hydrogen-bond acceptors (Lipinski definition) is 4. The van der Waals surface area contributed by atoms with Crippen LogP contribution in [0.2, 0.25) is 4.34 Å². The largest absolute Gasteiger partial charge is 0.325 e. The lowest BCUT2D eigenvalue weighted by Gasteiger charge is -2.16. The summed E-state index contributed by atoms with van der Waals surface area (Å²) < 4.78 is 0.566. The summed E-state index contributed by atoms with van der Waals surface area (Å²) in [5, 5.41) is 2.76. The number of amides is 3. The predicted molar refractivity (Wildman–Crippen MR) is 91.5 cm³/mol. The molecule has 1 aliphatic rings. The van der Waals surface area contributed by atoms with E-state index in [2.05, 4.69) is 10.3 Å². The molecule has 1 aliphatic heterocycles. The van der Waals surface area contributed by atoms with Crippen LogP contribution in [0.25, 0.3) is 0 Å². The van der Waals surface area contributed by atoms with Crippen molar-refractivity contribution in [2.24, 2.45) is 0 Å². The van der Waals surface area contributed by atoms with Crippen LogP contribution >= 0.6 is 22.9 Å². The van der Waals surface area contributed by atoms with Gasteiger partial charge in [-0.05, 0) is 31.2 Å². The Labute approximate surface area is 142 Å². The van der Waals surface area contributed by atoms with Gasteiger partial charge in [-0.25, -0.2) is 9.78 Å². The number of halogens is 1. The van der Waals surface area contributed by atoms with Crippen LogP contribution in [0.1, 0.15) is 16.6 Å². The molecule has 0 atom stereocenters. The molecule has 0 unspecified atom stereocenters. The van der Waals surface area contributed by atoms with Gasteiger partial charge in [0.15, 0.2) is 0 Å². The van der Waals surface area contributed by atoms with E-state index in [1.165, 1.54) is 11.3 Å². The Bertz CT molecular complexity index is 731. The van der Waals surface area contributed by atoms with Crippen molar-refractivity contribution >= 4 is 46.4 Å². The van der Waals surface area contributed by atoms with Gasteiger partial charge in [0, 0.05) is 19.6 Å². The number of hydrogen-bond donors (Lipinski definition) is 1. The summed E-state index contributed by atoms with van der Waals surface area (Å²) in [5.74, 6) is 0.356. The molecule has 0 saturated carbocycles. The Morgan fingerprint density at radius 3 is 2.74 bits per heavy atom. The highest BCUT2D eigenvalue weighted by molar-refractivity contribution is 7.18. The van der Waals surface area contributed by atoms with Gasteiger partial charge in [-0.1, -0.05) is 11.6 Å². The molecule has 0 radical (unpaired) electrons. The first-order valence-corrected chi connectivity index (χ1v) is 8.37. The van der Waals surface area contributed by atoms with Crippen LogP contribution in [0.15, 0.2) is 30.5 Å². The lowest BCUT2D eigenvalue weighted by Crippen LogP contribution is -2.32. The van der Waals surface area contributed by atoms with Crippen molar-refractivity contribution in [2.45, 2.75) is 6.92 Å². The van der Waals surface area contributed by atoms with Crippen LogP contribution in [-0.2, 0) is 0 Å². The number of urea groups is 1. The number of anilines is 2. The number of likely N-dealkylation sites (N-methyl/N-ethyl adjacent to an activating group) is 1. The normalized spacial score (nSPS) is 14.4. The molecule has 6 nitrogen and oxygen atoms in total. The van der Waals surface area contributed by atoms with Crippen LogP contribution in [0.3, 0.4) is 0 Å². The molecule has 3 rings (SSSR count). The Kier molecular flexibility index (Phi) is 4.49. The summed E-state index contributed by atoms with van der Waals surface area (Å²) in [6, 6.07) is 6.78. The second-order valence-corrected chi connectivity index (χ2v) is 6.69. The molecular formula is C15H15ClN4O2S. The van der Waals surface area contributed by atoms with Gasteiger partial charge in [-0.2, -0.15) is 0 Å². The molecule has 3 heterocycles. The van der Waals surface area contributed by atoms with Crippen molar-refractivity contribution in [1.82, 2.24) is 9.88 Å². The van der Waals surface area contributed by atoms with Crippen molar-refractivity contribution in [3.05, 3.63) is 39.7 Å². The zero-order valence-corrected chi connectivity index (χ0v) is 14.0. The maximum absolute atomic E-state index is 12.1. The number of thiophene rings is 1. The molecule has 2 aromatic rings. The molecule has 3 amide bonds. The van der Waals surface area contributed by atoms with Crippen LogP contribution < -0.4 is 10.2 Å². The van der Waals surface area contributed by atoms with Gasteiger partial charge in [-0.3, -0.25) is 9.69 Å². The highest BCUT2D eigenvalue weighted by Crippen LogP contribution is 2.23. The third kappa shape index (κ3) is 3.30. The first kappa shape index (κ1) is 15.8. The predicted octanol–water partition coefficient (Wildman–Crippen LogP) is 3.31. The van der Waals surface area contributed by atoms with Gasteiger partial charge < -0.3 is 10.2 Å². The van der Waals surface area contributed by atoms with Gasteiger partial charge in [0.25, 0.3) is 5.91 Å².